The summed E-state index contributed by atoms with van der Waals surface area (Å²) >= 11 is 0. The Morgan fingerprint density at radius 3 is 2.52 bits per heavy atom. The molecule has 0 aromatic carbocycles. The van der Waals surface area contributed by atoms with E-state index in [0.717, 1.165) is 50.8 Å². The van der Waals surface area contributed by atoms with Crippen LogP contribution in [0.4, 0.5) is 5.82 Å². The van der Waals surface area contributed by atoms with E-state index < -0.39 is 15.6 Å². The summed E-state index contributed by atoms with van der Waals surface area (Å²) in [5.74, 6) is 1.89. The van der Waals surface area contributed by atoms with Crippen LogP contribution in [0, 0.1) is 17.8 Å². The maximum absolute atomic E-state index is 13.2. The van der Waals surface area contributed by atoms with Gasteiger partial charge in [-0.1, -0.05) is 6.07 Å². The van der Waals surface area contributed by atoms with Crippen LogP contribution in [0.5, 0.6) is 0 Å². The first-order chi connectivity index (χ1) is 15.7. The minimum Gasteiger partial charge on any atom is -0.390 e. The molecule has 180 valence electrons. The Balaban J connectivity index is 1.14. The van der Waals surface area contributed by atoms with Crippen molar-refractivity contribution in [1.29, 1.82) is 0 Å². The van der Waals surface area contributed by atoms with Crippen molar-refractivity contribution in [3.63, 3.8) is 0 Å². The molecule has 5 saturated carbocycles. The molecule has 1 amide bonds. The SMILES string of the molecule is C[C@@H]1CN(S(=O)(=O)C2CC2)CCN1c1cccc(C(=O)N[C@H]2C3CC4CC2C[C@](O)(C4)C3)n1. The van der Waals surface area contributed by atoms with Crippen LogP contribution in [-0.2, 0) is 10.0 Å². The summed E-state index contributed by atoms with van der Waals surface area (Å²) in [5.41, 5.74) is -0.110. The molecule has 3 atom stereocenters. The quantitative estimate of drug-likeness (QED) is 0.674. The number of hydrogen-bond acceptors (Lipinski definition) is 6. The van der Waals surface area contributed by atoms with Gasteiger partial charge in [-0.25, -0.2) is 13.4 Å². The number of nitrogens with one attached hydrogen (secondary N) is 1. The first kappa shape index (κ1) is 21.8. The first-order valence-corrected chi connectivity index (χ1v) is 14.0. The molecule has 1 saturated heterocycles. The van der Waals surface area contributed by atoms with Gasteiger partial charge in [-0.3, -0.25) is 4.79 Å². The maximum atomic E-state index is 13.2. The molecule has 2 N–H and O–H groups in total. The van der Waals surface area contributed by atoms with Crippen molar-refractivity contribution in [2.75, 3.05) is 24.5 Å². The number of anilines is 1. The molecule has 1 aromatic rings. The molecule has 6 fully saturated rings. The third kappa shape index (κ3) is 3.86. The van der Waals surface area contributed by atoms with Crippen LogP contribution >= 0.6 is 0 Å². The molecule has 7 rings (SSSR count). The highest BCUT2D eigenvalue weighted by Gasteiger charge is 2.55. The summed E-state index contributed by atoms with van der Waals surface area (Å²) in [6.07, 6.45) is 6.27. The zero-order chi connectivity index (χ0) is 23.0. The van der Waals surface area contributed by atoms with E-state index in [0.29, 0.717) is 43.1 Å². The molecule has 2 unspecified atom stereocenters. The Kier molecular flexibility index (Phi) is 5.05. The van der Waals surface area contributed by atoms with Crippen LogP contribution in [0.1, 0.15) is 62.4 Å². The molecule has 1 aliphatic heterocycles. The van der Waals surface area contributed by atoms with Crippen molar-refractivity contribution in [1.82, 2.24) is 14.6 Å². The average Bonchev–Trinajstić information content (AvgIpc) is 3.61. The number of sulfonamides is 1. The van der Waals surface area contributed by atoms with Crippen LogP contribution < -0.4 is 10.2 Å². The number of rotatable bonds is 5. The lowest BCUT2D eigenvalue weighted by Crippen LogP contribution is -2.61. The second-order valence-electron chi connectivity index (χ2n) is 11.2. The van der Waals surface area contributed by atoms with Gasteiger partial charge >= 0.3 is 0 Å². The highest BCUT2D eigenvalue weighted by Crippen LogP contribution is 2.55. The minimum absolute atomic E-state index is 0.0109. The van der Waals surface area contributed by atoms with Gasteiger partial charge in [-0.2, -0.15) is 4.31 Å². The van der Waals surface area contributed by atoms with E-state index in [-0.39, 0.29) is 23.2 Å². The molecule has 1 aromatic heterocycles. The van der Waals surface area contributed by atoms with Gasteiger partial charge < -0.3 is 15.3 Å². The molecular weight excluding hydrogens is 440 g/mol. The van der Waals surface area contributed by atoms with E-state index >= 15 is 0 Å². The van der Waals surface area contributed by atoms with E-state index in [1.54, 1.807) is 10.4 Å². The summed E-state index contributed by atoms with van der Waals surface area (Å²) in [6, 6.07) is 5.62. The number of aromatic nitrogens is 1. The number of nitrogens with zero attached hydrogens (tertiary/aromatic N) is 3. The number of carbonyl (C=O) groups is 1. The van der Waals surface area contributed by atoms with Gasteiger partial charge in [0.05, 0.1) is 10.9 Å². The lowest BCUT2D eigenvalue weighted by molar-refractivity contribution is -0.136. The Bertz CT molecular complexity index is 1040. The lowest BCUT2D eigenvalue weighted by atomic mass is 9.52. The van der Waals surface area contributed by atoms with Crippen LogP contribution in [0.3, 0.4) is 0 Å². The van der Waals surface area contributed by atoms with Gasteiger partial charge in [-0.15, -0.1) is 0 Å². The van der Waals surface area contributed by atoms with Gasteiger partial charge in [0.25, 0.3) is 5.91 Å². The van der Waals surface area contributed by atoms with Crippen molar-refractivity contribution in [2.45, 2.75) is 74.8 Å². The average molecular weight is 475 g/mol. The van der Waals surface area contributed by atoms with Gasteiger partial charge in [0.15, 0.2) is 0 Å². The van der Waals surface area contributed by atoms with E-state index in [1.807, 2.05) is 19.1 Å². The highest BCUT2D eigenvalue weighted by molar-refractivity contribution is 7.90. The van der Waals surface area contributed by atoms with E-state index in [1.165, 1.54) is 0 Å². The van der Waals surface area contributed by atoms with Gasteiger partial charge in [0, 0.05) is 31.7 Å². The van der Waals surface area contributed by atoms with Crippen LogP contribution in [0.15, 0.2) is 18.2 Å². The van der Waals surface area contributed by atoms with E-state index in [9.17, 15) is 18.3 Å². The zero-order valence-electron chi connectivity index (χ0n) is 19.2. The van der Waals surface area contributed by atoms with E-state index in [4.69, 9.17) is 0 Å². The smallest absolute Gasteiger partial charge is 0.270 e. The number of pyridine rings is 1. The van der Waals surface area contributed by atoms with Crippen LogP contribution in [-0.4, -0.2) is 71.3 Å². The minimum atomic E-state index is -3.17. The summed E-state index contributed by atoms with van der Waals surface area (Å²) in [6.45, 7) is 3.49. The zero-order valence-corrected chi connectivity index (χ0v) is 20.0. The number of aliphatic hydroxyl groups is 1. The Morgan fingerprint density at radius 2 is 1.88 bits per heavy atom. The molecule has 0 spiro atoms. The van der Waals surface area contributed by atoms with Crippen molar-refractivity contribution < 1.29 is 18.3 Å². The van der Waals surface area contributed by atoms with Gasteiger partial charge in [0.1, 0.15) is 11.5 Å². The molecule has 2 heterocycles. The second kappa shape index (κ2) is 7.65. The van der Waals surface area contributed by atoms with Crippen LogP contribution in [0.2, 0.25) is 0 Å². The molecule has 9 heteroatoms. The number of hydrogen-bond donors (Lipinski definition) is 2. The van der Waals surface area contributed by atoms with Gasteiger partial charge in [0.2, 0.25) is 10.0 Å². The van der Waals surface area contributed by atoms with E-state index in [2.05, 4.69) is 15.2 Å². The predicted octanol–water partition coefficient (Wildman–Crippen LogP) is 1.75. The lowest BCUT2D eigenvalue weighted by Gasteiger charge is -2.58. The van der Waals surface area contributed by atoms with Crippen LogP contribution in [0.25, 0.3) is 0 Å². The van der Waals surface area contributed by atoms with Crippen molar-refractivity contribution in [2.24, 2.45) is 17.8 Å². The number of carbonyl (C=O) groups excluding carboxylic acids is 1. The summed E-state index contributed by atoms with van der Waals surface area (Å²) in [5, 5.41) is 13.9. The monoisotopic (exact) mass is 474 g/mol. The maximum Gasteiger partial charge on any atom is 0.270 e. The largest absolute Gasteiger partial charge is 0.390 e. The highest BCUT2D eigenvalue weighted by atomic mass is 32.2. The van der Waals surface area contributed by atoms with Gasteiger partial charge in [-0.05, 0) is 81.8 Å². The predicted molar refractivity (Wildman–Crippen MR) is 124 cm³/mol. The van der Waals surface area contributed by atoms with Crippen molar-refractivity contribution in [3.05, 3.63) is 23.9 Å². The second-order valence-corrected chi connectivity index (χ2v) is 13.4. The fourth-order valence-electron chi connectivity index (χ4n) is 7.22. The Labute approximate surface area is 195 Å². The summed E-state index contributed by atoms with van der Waals surface area (Å²) in [7, 11) is -3.17. The molecule has 5 aliphatic carbocycles. The Hall–Kier alpha value is -1.71. The van der Waals surface area contributed by atoms with Crippen molar-refractivity contribution >= 4 is 21.7 Å². The third-order valence-electron chi connectivity index (χ3n) is 8.70. The summed E-state index contributed by atoms with van der Waals surface area (Å²) in [4.78, 5) is 19.9. The number of amides is 1. The first-order valence-electron chi connectivity index (χ1n) is 12.5. The molecular formula is C24H34N4O4S. The topological polar surface area (TPSA) is 103 Å². The molecule has 4 bridgehead atoms. The normalized spacial score (nSPS) is 38.5. The third-order valence-corrected chi connectivity index (χ3v) is 11.1. The Morgan fingerprint density at radius 1 is 1.15 bits per heavy atom. The molecule has 8 nitrogen and oxygen atoms in total. The standard InChI is InChI=1S/C24H34N4O4S/c1-15-14-27(33(31,32)19-5-6-19)7-8-28(15)21-4-2-3-20(25-21)23(29)26-22-17-9-16-10-18(22)13-24(30,11-16)12-17/h2-4,15-19,22,30H,5-14H2,1H3,(H,26,29)/t15-,16?,17?,18?,22-,24-/m1/s1. The number of piperazine rings is 1. The molecule has 33 heavy (non-hydrogen) atoms. The summed E-state index contributed by atoms with van der Waals surface area (Å²) < 4.78 is 26.9. The molecule has 0 radical (unpaired) electrons. The fraction of sp³-hybridized carbons (Fsp3) is 0.750. The fourth-order valence-corrected chi connectivity index (χ4v) is 9.14. The van der Waals surface area contributed by atoms with Crippen molar-refractivity contribution in [3.8, 4) is 0 Å². The molecule has 6 aliphatic rings.